The molecule has 0 radical (unpaired) electrons. The van der Waals surface area contributed by atoms with E-state index in [-0.39, 0.29) is 17.0 Å². The van der Waals surface area contributed by atoms with E-state index in [9.17, 15) is 14.7 Å². The smallest absolute Gasteiger partial charge is 0.335 e. The molecule has 0 atom stereocenters. The minimum Gasteiger partial charge on any atom is -0.506 e. The number of hydrogen-bond donors (Lipinski definition) is 3. The molecule has 2 rings (SSSR count). The lowest BCUT2D eigenvalue weighted by Gasteiger charge is -2.11. The fraction of sp³-hybridized carbons (Fsp3) is 0.222. The first-order valence-corrected chi connectivity index (χ1v) is 7.47. The van der Waals surface area contributed by atoms with E-state index >= 15 is 0 Å². The van der Waals surface area contributed by atoms with Gasteiger partial charge in [-0.05, 0) is 42.3 Å². The van der Waals surface area contributed by atoms with Crippen molar-refractivity contribution >= 4 is 17.6 Å². The van der Waals surface area contributed by atoms with Crippen molar-refractivity contribution in [3.63, 3.8) is 0 Å². The number of amides is 1. The average molecular weight is 329 g/mol. The van der Waals surface area contributed by atoms with Crippen LogP contribution in [0.4, 0.5) is 5.69 Å². The van der Waals surface area contributed by atoms with Crippen LogP contribution in [0.15, 0.2) is 42.5 Å². The predicted octanol–water partition coefficient (Wildman–Crippen LogP) is 3.38. The van der Waals surface area contributed by atoms with Crippen molar-refractivity contribution in [1.29, 1.82) is 0 Å². The van der Waals surface area contributed by atoms with Gasteiger partial charge in [0.1, 0.15) is 11.5 Å². The first-order chi connectivity index (χ1) is 11.4. The van der Waals surface area contributed by atoms with Crippen LogP contribution < -0.4 is 10.1 Å². The Morgan fingerprint density at radius 3 is 2.54 bits per heavy atom. The maximum atomic E-state index is 12.3. The molecule has 1 amide bonds. The molecule has 0 unspecified atom stereocenters. The van der Waals surface area contributed by atoms with Crippen LogP contribution in [0.25, 0.3) is 0 Å². The molecule has 0 aromatic heterocycles. The number of aromatic carboxylic acids is 1. The third-order valence-corrected chi connectivity index (χ3v) is 3.17. The molecule has 0 aliphatic carbocycles. The number of aromatic hydroxyl groups is 1. The van der Waals surface area contributed by atoms with Gasteiger partial charge in [-0.15, -0.1) is 0 Å². The lowest BCUT2D eigenvalue weighted by molar-refractivity contribution is 0.0696. The Balaban J connectivity index is 2.16. The zero-order valence-corrected chi connectivity index (χ0v) is 13.4. The topological polar surface area (TPSA) is 95.9 Å². The largest absolute Gasteiger partial charge is 0.506 e. The maximum absolute atomic E-state index is 12.3. The SMILES string of the molecule is CC(C)COc1cccc(C(=O)Nc2cc(C(=O)O)ccc2O)c1. The quantitative estimate of drug-likeness (QED) is 0.706. The highest BCUT2D eigenvalue weighted by molar-refractivity contribution is 6.05. The first kappa shape index (κ1) is 17.3. The van der Waals surface area contributed by atoms with Gasteiger partial charge in [0, 0.05) is 5.56 Å². The van der Waals surface area contributed by atoms with Gasteiger partial charge in [0.25, 0.3) is 5.91 Å². The number of rotatable bonds is 6. The summed E-state index contributed by atoms with van der Waals surface area (Å²) < 4.78 is 5.58. The predicted molar refractivity (Wildman–Crippen MR) is 89.8 cm³/mol. The molecule has 0 saturated carbocycles. The molecule has 0 spiro atoms. The third-order valence-electron chi connectivity index (χ3n) is 3.17. The van der Waals surface area contributed by atoms with Gasteiger partial charge in [-0.3, -0.25) is 4.79 Å². The van der Waals surface area contributed by atoms with Gasteiger partial charge < -0.3 is 20.3 Å². The second-order valence-corrected chi connectivity index (χ2v) is 5.72. The summed E-state index contributed by atoms with van der Waals surface area (Å²) in [6, 6.07) is 10.3. The van der Waals surface area contributed by atoms with Crippen molar-refractivity contribution in [2.75, 3.05) is 11.9 Å². The van der Waals surface area contributed by atoms with Crippen molar-refractivity contribution in [3.05, 3.63) is 53.6 Å². The standard InChI is InChI=1S/C18H19NO5/c1-11(2)10-24-14-5-3-4-12(8-14)17(21)19-15-9-13(18(22)23)6-7-16(15)20/h3-9,11,20H,10H2,1-2H3,(H,19,21)(H,22,23). The van der Waals surface area contributed by atoms with Crippen LogP contribution in [0.2, 0.25) is 0 Å². The Bertz CT molecular complexity index is 755. The van der Waals surface area contributed by atoms with Crippen LogP contribution in [-0.4, -0.2) is 28.7 Å². The van der Waals surface area contributed by atoms with Crippen molar-refractivity contribution in [3.8, 4) is 11.5 Å². The van der Waals surface area contributed by atoms with Crippen LogP contribution in [0.3, 0.4) is 0 Å². The third kappa shape index (κ3) is 4.49. The lowest BCUT2D eigenvalue weighted by Crippen LogP contribution is -2.13. The van der Waals surface area contributed by atoms with Gasteiger partial charge in [0.15, 0.2) is 0 Å². The summed E-state index contributed by atoms with van der Waals surface area (Å²) in [6.45, 7) is 4.58. The van der Waals surface area contributed by atoms with E-state index in [2.05, 4.69) is 5.32 Å². The van der Waals surface area contributed by atoms with E-state index in [1.165, 1.54) is 18.2 Å². The molecule has 0 saturated heterocycles. The molecular weight excluding hydrogens is 310 g/mol. The number of phenols is 1. The van der Waals surface area contributed by atoms with E-state index in [1.54, 1.807) is 24.3 Å². The van der Waals surface area contributed by atoms with Gasteiger partial charge in [-0.1, -0.05) is 19.9 Å². The van der Waals surface area contributed by atoms with Crippen molar-refractivity contribution < 1.29 is 24.5 Å². The summed E-state index contributed by atoms with van der Waals surface area (Å²) >= 11 is 0. The summed E-state index contributed by atoms with van der Waals surface area (Å²) in [5, 5.41) is 21.3. The summed E-state index contributed by atoms with van der Waals surface area (Å²) in [7, 11) is 0. The number of ether oxygens (including phenoxy) is 1. The van der Waals surface area contributed by atoms with E-state index in [4.69, 9.17) is 9.84 Å². The van der Waals surface area contributed by atoms with Crippen LogP contribution in [0.1, 0.15) is 34.6 Å². The van der Waals surface area contributed by atoms with Gasteiger partial charge >= 0.3 is 5.97 Å². The number of carboxylic acid groups (broad SMARTS) is 1. The number of benzene rings is 2. The maximum Gasteiger partial charge on any atom is 0.335 e. The molecule has 0 aliphatic heterocycles. The monoisotopic (exact) mass is 329 g/mol. The zero-order chi connectivity index (χ0) is 17.7. The number of hydrogen-bond acceptors (Lipinski definition) is 4. The molecule has 2 aromatic rings. The van der Waals surface area contributed by atoms with E-state index < -0.39 is 11.9 Å². The molecule has 6 nitrogen and oxygen atoms in total. The normalized spacial score (nSPS) is 10.5. The highest BCUT2D eigenvalue weighted by Gasteiger charge is 2.13. The Morgan fingerprint density at radius 2 is 1.88 bits per heavy atom. The van der Waals surface area contributed by atoms with Crippen molar-refractivity contribution in [2.45, 2.75) is 13.8 Å². The molecule has 0 aliphatic rings. The fourth-order valence-electron chi connectivity index (χ4n) is 1.95. The van der Waals surface area contributed by atoms with Gasteiger partial charge in [0.2, 0.25) is 0 Å². The van der Waals surface area contributed by atoms with Crippen LogP contribution >= 0.6 is 0 Å². The number of carboxylic acids is 1. The molecule has 6 heteroatoms. The van der Waals surface area contributed by atoms with E-state index in [1.807, 2.05) is 13.8 Å². The number of phenolic OH excluding ortho intramolecular Hbond substituents is 1. The van der Waals surface area contributed by atoms with Gasteiger partial charge in [-0.2, -0.15) is 0 Å². The highest BCUT2D eigenvalue weighted by atomic mass is 16.5. The first-order valence-electron chi connectivity index (χ1n) is 7.47. The number of carbonyl (C=O) groups excluding carboxylic acids is 1. The lowest BCUT2D eigenvalue weighted by atomic mass is 10.1. The summed E-state index contributed by atoms with van der Waals surface area (Å²) in [5.74, 6) is -0.893. The van der Waals surface area contributed by atoms with E-state index in [0.29, 0.717) is 23.8 Å². The molecule has 0 heterocycles. The zero-order valence-electron chi connectivity index (χ0n) is 13.4. The molecule has 24 heavy (non-hydrogen) atoms. The highest BCUT2D eigenvalue weighted by Crippen LogP contribution is 2.25. The Labute approximate surface area is 139 Å². The Hall–Kier alpha value is -3.02. The minimum atomic E-state index is -1.14. The average Bonchev–Trinajstić information content (AvgIpc) is 2.55. The summed E-state index contributed by atoms with van der Waals surface area (Å²) in [4.78, 5) is 23.3. The van der Waals surface area contributed by atoms with Crippen LogP contribution in [-0.2, 0) is 0 Å². The Morgan fingerprint density at radius 1 is 1.12 bits per heavy atom. The van der Waals surface area contributed by atoms with Crippen LogP contribution in [0.5, 0.6) is 11.5 Å². The number of nitrogens with one attached hydrogen (secondary N) is 1. The molecule has 3 N–H and O–H groups in total. The van der Waals surface area contributed by atoms with E-state index in [0.717, 1.165) is 0 Å². The summed E-state index contributed by atoms with van der Waals surface area (Å²) in [6.07, 6.45) is 0. The van der Waals surface area contributed by atoms with Crippen LogP contribution in [0, 0.1) is 5.92 Å². The minimum absolute atomic E-state index is 0.0304. The Kier molecular flexibility index (Phi) is 5.42. The second kappa shape index (κ2) is 7.50. The second-order valence-electron chi connectivity index (χ2n) is 5.72. The molecular formula is C18H19NO5. The van der Waals surface area contributed by atoms with Crippen molar-refractivity contribution in [2.24, 2.45) is 5.92 Å². The molecule has 126 valence electrons. The number of anilines is 1. The van der Waals surface area contributed by atoms with Gasteiger partial charge in [0.05, 0.1) is 17.9 Å². The molecule has 0 fully saturated rings. The van der Waals surface area contributed by atoms with Gasteiger partial charge in [-0.25, -0.2) is 4.79 Å². The fourth-order valence-corrected chi connectivity index (χ4v) is 1.95. The molecule has 2 aromatic carbocycles. The van der Waals surface area contributed by atoms with Crippen molar-refractivity contribution in [1.82, 2.24) is 0 Å². The molecule has 0 bridgehead atoms. The number of carbonyl (C=O) groups is 2. The summed E-state index contributed by atoms with van der Waals surface area (Å²) in [5.41, 5.74) is 0.349.